The maximum atomic E-state index is 11.8. The van der Waals surface area contributed by atoms with Crippen LogP contribution >= 0.6 is 0 Å². The Kier molecular flexibility index (Phi) is 9.35. The number of carboxylic acids is 1. The normalized spacial score (nSPS) is 14.4. The van der Waals surface area contributed by atoms with Crippen LogP contribution in [0.15, 0.2) is 12.1 Å². The quantitative estimate of drug-likeness (QED) is 0.370. The van der Waals surface area contributed by atoms with Crippen molar-refractivity contribution in [2.45, 2.75) is 71.2 Å². The molecule has 0 amide bonds. The van der Waals surface area contributed by atoms with E-state index in [2.05, 4.69) is 39.3 Å². The number of carboxylic acid groups (broad SMARTS) is 1. The van der Waals surface area contributed by atoms with Crippen molar-refractivity contribution in [1.82, 2.24) is 0 Å². The molecule has 0 spiro atoms. The van der Waals surface area contributed by atoms with Crippen LogP contribution in [0, 0.1) is 0 Å². The number of benzene rings is 1. The van der Waals surface area contributed by atoms with Gasteiger partial charge in [-0.25, -0.2) is 4.79 Å². The molecule has 9 heteroatoms. The van der Waals surface area contributed by atoms with Crippen molar-refractivity contribution in [3.8, 4) is 11.5 Å². The third kappa shape index (κ3) is 7.74. The molecule has 0 bridgehead atoms. The molecule has 2 unspecified atom stereocenters. The van der Waals surface area contributed by atoms with Gasteiger partial charge in [-0.05, 0) is 26.0 Å². The highest BCUT2D eigenvalue weighted by Crippen LogP contribution is 2.31. The van der Waals surface area contributed by atoms with Crippen molar-refractivity contribution in [2.75, 3.05) is 13.6 Å². The third-order valence-electron chi connectivity index (χ3n) is 5.11. The summed E-state index contributed by atoms with van der Waals surface area (Å²) in [5, 5.41) is 19.4. The highest BCUT2D eigenvalue weighted by Gasteiger charge is 2.26. The molecule has 0 aliphatic heterocycles. The molecule has 0 fully saturated rings. The van der Waals surface area contributed by atoms with Gasteiger partial charge in [0.15, 0.2) is 13.6 Å². The van der Waals surface area contributed by atoms with E-state index in [9.17, 15) is 15.0 Å². The summed E-state index contributed by atoms with van der Waals surface area (Å²) in [6.45, 7) is 16.5. The summed E-state index contributed by atoms with van der Waals surface area (Å²) < 4.78 is 22.6. The van der Waals surface area contributed by atoms with Crippen LogP contribution in [0.1, 0.15) is 29.8 Å². The lowest BCUT2D eigenvalue weighted by atomic mass is 10.1. The minimum atomic E-state index is -1.49. The van der Waals surface area contributed by atoms with Gasteiger partial charge < -0.3 is 29.2 Å². The third-order valence-corrected chi connectivity index (χ3v) is 10.3. The van der Waals surface area contributed by atoms with Gasteiger partial charge in [0.25, 0.3) is 0 Å². The summed E-state index contributed by atoms with van der Waals surface area (Å²) in [7, 11) is -2.96. The molecule has 0 aliphatic rings. The van der Waals surface area contributed by atoms with Crippen LogP contribution in [0.5, 0.6) is 11.5 Å². The SMILES string of the molecule is CC(OCOc1ccc(OCOC(C)[Si](C)(C)C)c(C(=O)O)c1CO)[Si](C)(C)C. The average Bonchev–Trinajstić information content (AvgIpc) is 2.59. The Balaban J connectivity index is 2.92. The number of aliphatic hydroxyl groups excluding tert-OH is 1. The molecule has 0 saturated carbocycles. The van der Waals surface area contributed by atoms with Gasteiger partial charge in [-0.2, -0.15) is 0 Å². The number of ether oxygens (including phenoxy) is 4. The first kappa shape index (κ1) is 25.6. The second kappa shape index (κ2) is 10.6. The van der Waals surface area contributed by atoms with Gasteiger partial charge in [-0.15, -0.1) is 0 Å². The fraction of sp³-hybridized carbons (Fsp3) is 0.650. The van der Waals surface area contributed by atoms with Gasteiger partial charge in [0, 0.05) is 17.0 Å². The lowest BCUT2D eigenvalue weighted by Crippen LogP contribution is -2.38. The van der Waals surface area contributed by atoms with E-state index in [0.29, 0.717) is 0 Å². The number of aliphatic hydroxyl groups is 1. The zero-order valence-electron chi connectivity index (χ0n) is 18.9. The van der Waals surface area contributed by atoms with E-state index in [1.165, 1.54) is 6.07 Å². The van der Waals surface area contributed by atoms with Crippen LogP contribution in [0.3, 0.4) is 0 Å². The van der Waals surface area contributed by atoms with Crippen LogP contribution in [-0.4, -0.2) is 57.4 Å². The number of carbonyl (C=O) groups is 1. The zero-order valence-corrected chi connectivity index (χ0v) is 20.9. The molecule has 7 nitrogen and oxygen atoms in total. The zero-order chi connectivity index (χ0) is 22.4. The molecular weight excluding hydrogens is 408 g/mol. The van der Waals surface area contributed by atoms with E-state index in [1.54, 1.807) is 6.07 Å². The maximum Gasteiger partial charge on any atom is 0.339 e. The van der Waals surface area contributed by atoms with E-state index in [4.69, 9.17) is 18.9 Å². The molecule has 0 aliphatic carbocycles. The second-order valence-electron chi connectivity index (χ2n) is 9.25. The lowest BCUT2D eigenvalue weighted by Gasteiger charge is -2.26. The van der Waals surface area contributed by atoms with Gasteiger partial charge in [0.1, 0.15) is 17.1 Å². The van der Waals surface area contributed by atoms with Crippen LogP contribution in [0.2, 0.25) is 39.3 Å². The number of rotatable bonds is 12. The molecule has 0 radical (unpaired) electrons. The van der Waals surface area contributed by atoms with E-state index >= 15 is 0 Å². The van der Waals surface area contributed by atoms with Crippen LogP contribution in [0.4, 0.5) is 0 Å². The predicted octanol–water partition coefficient (Wildman–Crippen LogP) is 4.11. The Morgan fingerprint density at radius 2 is 1.31 bits per heavy atom. The largest absolute Gasteiger partial charge is 0.478 e. The minimum Gasteiger partial charge on any atom is -0.478 e. The van der Waals surface area contributed by atoms with Crippen LogP contribution < -0.4 is 9.47 Å². The van der Waals surface area contributed by atoms with Crippen molar-refractivity contribution in [1.29, 1.82) is 0 Å². The summed E-state index contributed by atoms with van der Waals surface area (Å²) in [5.41, 5.74) is 0.151. The van der Waals surface area contributed by atoms with Gasteiger partial charge in [0.05, 0.1) is 22.8 Å². The lowest BCUT2D eigenvalue weighted by molar-refractivity contribution is -0.00329. The maximum absolute atomic E-state index is 11.8. The summed E-state index contributed by atoms with van der Waals surface area (Å²) in [5.74, 6) is -0.811. The molecule has 29 heavy (non-hydrogen) atoms. The Morgan fingerprint density at radius 3 is 1.69 bits per heavy atom. The molecular formula is C20H36O7Si2. The van der Waals surface area contributed by atoms with Crippen LogP contribution in [0.25, 0.3) is 0 Å². The first-order chi connectivity index (χ1) is 13.3. The van der Waals surface area contributed by atoms with E-state index in [1.807, 2.05) is 13.8 Å². The molecule has 1 aromatic carbocycles. The first-order valence-electron chi connectivity index (χ1n) is 9.77. The number of hydrogen-bond donors (Lipinski definition) is 2. The fourth-order valence-corrected chi connectivity index (χ4v) is 3.29. The highest BCUT2D eigenvalue weighted by molar-refractivity contribution is 6.77. The highest BCUT2D eigenvalue weighted by atomic mass is 28.3. The molecule has 0 saturated heterocycles. The van der Waals surface area contributed by atoms with Gasteiger partial charge in [-0.3, -0.25) is 0 Å². The molecule has 1 rings (SSSR count). The second-order valence-corrected chi connectivity index (χ2v) is 20.3. The summed E-state index contributed by atoms with van der Waals surface area (Å²) >= 11 is 0. The Hall–Kier alpha value is -1.40. The Bertz CT molecular complexity index is 681. The molecule has 2 N–H and O–H groups in total. The monoisotopic (exact) mass is 444 g/mol. The minimum absolute atomic E-state index is 0.0193. The Labute approximate surface area is 176 Å². The smallest absolute Gasteiger partial charge is 0.339 e. The summed E-state index contributed by atoms with van der Waals surface area (Å²) in [4.78, 5) is 11.8. The van der Waals surface area contributed by atoms with Crippen molar-refractivity contribution in [2.24, 2.45) is 0 Å². The molecule has 166 valence electrons. The molecule has 2 atom stereocenters. The molecule has 0 aromatic heterocycles. The van der Waals surface area contributed by atoms with Crippen molar-refractivity contribution in [3.05, 3.63) is 23.3 Å². The number of hydrogen-bond acceptors (Lipinski definition) is 6. The molecule has 0 heterocycles. The van der Waals surface area contributed by atoms with Gasteiger partial charge in [-0.1, -0.05) is 39.3 Å². The van der Waals surface area contributed by atoms with Crippen LogP contribution in [-0.2, 0) is 16.1 Å². The Morgan fingerprint density at radius 1 is 0.897 bits per heavy atom. The van der Waals surface area contributed by atoms with Crippen molar-refractivity contribution >= 4 is 22.1 Å². The summed E-state index contributed by atoms with van der Waals surface area (Å²) in [6.07, 6.45) is 0. The topological polar surface area (TPSA) is 94.5 Å². The van der Waals surface area contributed by atoms with E-state index in [-0.39, 0.29) is 47.7 Å². The van der Waals surface area contributed by atoms with Gasteiger partial charge in [0.2, 0.25) is 0 Å². The van der Waals surface area contributed by atoms with E-state index in [0.717, 1.165) is 0 Å². The first-order valence-corrected chi connectivity index (χ1v) is 16.9. The fourth-order valence-electron chi connectivity index (χ4n) is 2.15. The standard InChI is InChI=1S/C20H36O7Si2/c1-14(28(3,4)5)24-12-26-17-9-10-18(19(20(22)23)16(17)11-21)27-13-25-15(2)29(6,7)8/h9-10,14-15,21H,11-13H2,1-8H3,(H,22,23). The molecule has 1 aromatic rings. The predicted molar refractivity (Wildman–Crippen MR) is 118 cm³/mol. The number of aromatic carboxylic acids is 1. The average molecular weight is 445 g/mol. The summed E-state index contributed by atoms with van der Waals surface area (Å²) in [6, 6.07) is 3.10. The van der Waals surface area contributed by atoms with E-state index < -0.39 is 28.7 Å². The van der Waals surface area contributed by atoms with Crippen molar-refractivity contribution in [3.63, 3.8) is 0 Å². The van der Waals surface area contributed by atoms with Gasteiger partial charge >= 0.3 is 5.97 Å². The van der Waals surface area contributed by atoms with Crippen molar-refractivity contribution < 1.29 is 34.0 Å².